The first kappa shape index (κ1) is 15.8. The van der Waals surface area contributed by atoms with Crippen molar-refractivity contribution >= 4 is 23.3 Å². The number of hydrogen-bond donors (Lipinski definition) is 1. The third kappa shape index (κ3) is 4.46. The number of nitrogens with one attached hydrogen (secondary N) is 1. The van der Waals surface area contributed by atoms with Gasteiger partial charge in [0.15, 0.2) is 0 Å². The lowest BCUT2D eigenvalue weighted by molar-refractivity contribution is 0.144. The van der Waals surface area contributed by atoms with Crippen molar-refractivity contribution < 1.29 is 4.79 Å². The van der Waals surface area contributed by atoms with Crippen molar-refractivity contribution in [3.8, 4) is 0 Å². The molecule has 1 aliphatic heterocycles. The summed E-state index contributed by atoms with van der Waals surface area (Å²) in [7, 11) is 0. The standard InChI is InChI=1S/C16H20ClN5O/c17-14-2-1-3-15(12-14)19-16(23)22-10-8-20(9-11-22)6-7-21-5-4-18-13-21/h1-5,12-13H,6-11H2,(H,19,23). The summed E-state index contributed by atoms with van der Waals surface area (Å²) in [6.07, 6.45) is 5.58. The quantitative estimate of drug-likeness (QED) is 0.934. The fourth-order valence-corrected chi connectivity index (χ4v) is 2.81. The maximum atomic E-state index is 12.3. The Kier molecular flexibility index (Phi) is 5.15. The number of aromatic nitrogens is 2. The molecule has 1 aromatic heterocycles. The Morgan fingerprint density at radius 2 is 2.04 bits per heavy atom. The van der Waals surface area contributed by atoms with Gasteiger partial charge in [0.05, 0.1) is 6.33 Å². The molecule has 1 fully saturated rings. The van der Waals surface area contributed by atoms with Gasteiger partial charge in [-0.3, -0.25) is 4.90 Å². The van der Waals surface area contributed by atoms with Gasteiger partial charge in [-0.25, -0.2) is 9.78 Å². The molecule has 3 rings (SSSR count). The summed E-state index contributed by atoms with van der Waals surface area (Å²) >= 11 is 5.93. The van der Waals surface area contributed by atoms with Gasteiger partial charge >= 0.3 is 6.03 Å². The lowest BCUT2D eigenvalue weighted by Gasteiger charge is -2.34. The average Bonchev–Trinajstić information content (AvgIpc) is 3.07. The summed E-state index contributed by atoms with van der Waals surface area (Å²) in [5, 5.41) is 3.51. The number of nitrogens with zero attached hydrogens (tertiary/aromatic N) is 4. The van der Waals surface area contributed by atoms with E-state index in [1.807, 2.05) is 29.6 Å². The van der Waals surface area contributed by atoms with Crippen LogP contribution >= 0.6 is 11.6 Å². The first-order valence-corrected chi connectivity index (χ1v) is 8.08. The van der Waals surface area contributed by atoms with Crippen LogP contribution in [0.4, 0.5) is 10.5 Å². The lowest BCUT2D eigenvalue weighted by atomic mass is 10.3. The number of amides is 2. The fourth-order valence-electron chi connectivity index (χ4n) is 2.62. The summed E-state index contributed by atoms with van der Waals surface area (Å²) in [5.41, 5.74) is 0.727. The van der Waals surface area contributed by atoms with Gasteiger partial charge in [-0.2, -0.15) is 0 Å². The largest absolute Gasteiger partial charge is 0.336 e. The van der Waals surface area contributed by atoms with Crippen LogP contribution in [0.5, 0.6) is 0 Å². The Balaban J connectivity index is 1.44. The number of piperazine rings is 1. The van der Waals surface area contributed by atoms with Gasteiger partial charge in [0.1, 0.15) is 0 Å². The predicted octanol–water partition coefficient (Wildman–Crippen LogP) is 2.39. The summed E-state index contributed by atoms with van der Waals surface area (Å²) in [5.74, 6) is 0. The number of imidazole rings is 1. The maximum Gasteiger partial charge on any atom is 0.321 e. The Morgan fingerprint density at radius 3 is 2.74 bits per heavy atom. The number of urea groups is 1. The number of hydrogen-bond acceptors (Lipinski definition) is 3. The van der Waals surface area contributed by atoms with Gasteiger partial charge in [-0.05, 0) is 18.2 Å². The zero-order valence-corrected chi connectivity index (χ0v) is 13.6. The van der Waals surface area contributed by atoms with Gasteiger partial charge in [-0.15, -0.1) is 0 Å². The monoisotopic (exact) mass is 333 g/mol. The molecule has 7 heteroatoms. The molecular formula is C16H20ClN5O. The Bertz CT molecular complexity index is 638. The second kappa shape index (κ2) is 7.48. The molecule has 0 atom stereocenters. The first-order valence-electron chi connectivity index (χ1n) is 7.70. The minimum atomic E-state index is -0.0680. The van der Waals surface area contributed by atoms with Crippen molar-refractivity contribution in [3.05, 3.63) is 48.0 Å². The molecule has 2 heterocycles. The van der Waals surface area contributed by atoms with Crippen LogP contribution in [0.2, 0.25) is 5.02 Å². The van der Waals surface area contributed by atoms with Crippen molar-refractivity contribution in [3.63, 3.8) is 0 Å². The van der Waals surface area contributed by atoms with Crippen molar-refractivity contribution in [2.75, 3.05) is 38.0 Å². The summed E-state index contributed by atoms with van der Waals surface area (Å²) < 4.78 is 2.07. The summed E-state index contributed by atoms with van der Waals surface area (Å²) in [6, 6.07) is 7.13. The SMILES string of the molecule is O=C(Nc1cccc(Cl)c1)N1CCN(CCn2ccnc2)CC1. The molecule has 0 spiro atoms. The van der Waals surface area contributed by atoms with Gasteiger partial charge in [-0.1, -0.05) is 17.7 Å². The predicted molar refractivity (Wildman–Crippen MR) is 90.7 cm³/mol. The minimum absolute atomic E-state index is 0.0680. The highest BCUT2D eigenvalue weighted by molar-refractivity contribution is 6.30. The second-order valence-electron chi connectivity index (χ2n) is 5.57. The molecular weight excluding hydrogens is 314 g/mol. The Hall–Kier alpha value is -2.05. The van der Waals surface area contributed by atoms with E-state index in [0.29, 0.717) is 5.02 Å². The van der Waals surface area contributed by atoms with E-state index < -0.39 is 0 Å². The van der Waals surface area contributed by atoms with E-state index in [9.17, 15) is 4.79 Å². The van der Waals surface area contributed by atoms with Crippen molar-refractivity contribution in [2.24, 2.45) is 0 Å². The highest BCUT2D eigenvalue weighted by atomic mass is 35.5. The van der Waals surface area contributed by atoms with E-state index in [2.05, 4.69) is 19.8 Å². The number of rotatable bonds is 4. The lowest BCUT2D eigenvalue weighted by Crippen LogP contribution is -2.50. The fraction of sp³-hybridized carbons (Fsp3) is 0.375. The molecule has 2 amide bonds. The highest BCUT2D eigenvalue weighted by Gasteiger charge is 2.20. The van der Waals surface area contributed by atoms with Gasteiger partial charge in [0.25, 0.3) is 0 Å². The molecule has 2 aromatic rings. The normalized spacial score (nSPS) is 15.6. The van der Waals surface area contributed by atoms with E-state index in [4.69, 9.17) is 11.6 Å². The van der Waals surface area contributed by atoms with Crippen LogP contribution in [-0.4, -0.2) is 58.1 Å². The summed E-state index contributed by atoms with van der Waals surface area (Å²) in [4.78, 5) is 20.5. The van der Waals surface area contributed by atoms with E-state index in [0.717, 1.165) is 45.0 Å². The third-order valence-corrected chi connectivity index (χ3v) is 4.20. The topological polar surface area (TPSA) is 53.4 Å². The number of carbonyl (C=O) groups is 1. The second-order valence-corrected chi connectivity index (χ2v) is 6.01. The third-order valence-electron chi connectivity index (χ3n) is 3.97. The molecule has 23 heavy (non-hydrogen) atoms. The van der Waals surface area contributed by atoms with Gasteiger partial charge in [0, 0.05) is 62.4 Å². The van der Waals surface area contributed by atoms with Crippen molar-refractivity contribution in [1.82, 2.24) is 19.4 Å². The van der Waals surface area contributed by atoms with E-state index in [1.165, 1.54) is 0 Å². The van der Waals surface area contributed by atoms with Crippen LogP contribution in [0, 0.1) is 0 Å². The Morgan fingerprint density at radius 1 is 1.22 bits per heavy atom. The van der Waals surface area contributed by atoms with Gasteiger partial charge < -0.3 is 14.8 Å². The smallest absolute Gasteiger partial charge is 0.321 e. The number of carbonyl (C=O) groups excluding carboxylic acids is 1. The first-order chi connectivity index (χ1) is 11.2. The molecule has 6 nitrogen and oxygen atoms in total. The summed E-state index contributed by atoms with van der Waals surface area (Å²) in [6.45, 7) is 5.14. The zero-order valence-electron chi connectivity index (χ0n) is 12.9. The number of halogens is 1. The van der Waals surface area contributed by atoms with Crippen LogP contribution in [0.15, 0.2) is 43.0 Å². The minimum Gasteiger partial charge on any atom is -0.336 e. The average molecular weight is 334 g/mol. The molecule has 0 unspecified atom stereocenters. The van der Waals surface area contributed by atoms with Crippen LogP contribution < -0.4 is 5.32 Å². The molecule has 0 radical (unpaired) electrons. The number of benzene rings is 1. The molecule has 1 aliphatic rings. The molecule has 1 saturated heterocycles. The molecule has 1 aromatic carbocycles. The van der Waals surface area contributed by atoms with Crippen LogP contribution in [-0.2, 0) is 6.54 Å². The molecule has 122 valence electrons. The number of anilines is 1. The molecule has 1 N–H and O–H groups in total. The van der Waals surface area contributed by atoms with E-state index in [1.54, 1.807) is 18.3 Å². The van der Waals surface area contributed by atoms with Crippen LogP contribution in [0.3, 0.4) is 0 Å². The van der Waals surface area contributed by atoms with E-state index >= 15 is 0 Å². The molecule has 0 saturated carbocycles. The zero-order chi connectivity index (χ0) is 16.1. The Labute approximate surface area is 140 Å². The van der Waals surface area contributed by atoms with Crippen molar-refractivity contribution in [1.29, 1.82) is 0 Å². The van der Waals surface area contributed by atoms with E-state index in [-0.39, 0.29) is 6.03 Å². The molecule has 0 aliphatic carbocycles. The van der Waals surface area contributed by atoms with Crippen LogP contribution in [0.25, 0.3) is 0 Å². The van der Waals surface area contributed by atoms with Crippen LogP contribution in [0.1, 0.15) is 0 Å². The maximum absolute atomic E-state index is 12.3. The van der Waals surface area contributed by atoms with Gasteiger partial charge in [0.2, 0.25) is 0 Å². The van der Waals surface area contributed by atoms with Crippen molar-refractivity contribution in [2.45, 2.75) is 6.54 Å². The molecule has 0 bridgehead atoms. The highest BCUT2D eigenvalue weighted by Crippen LogP contribution is 2.15.